The van der Waals surface area contributed by atoms with Crippen molar-refractivity contribution in [1.29, 1.82) is 0 Å². The van der Waals surface area contributed by atoms with Gasteiger partial charge in [0.25, 0.3) is 0 Å². The third kappa shape index (κ3) is 3.03. The minimum absolute atomic E-state index is 0.484. The number of aromatic nitrogens is 1. The molecule has 3 nitrogen and oxygen atoms in total. The van der Waals surface area contributed by atoms with Crippen LogP contribution < -0.4 is 10.2 Å². The molecule has 3 heteroatoms. The molecule has 0 aliphatic carbocycles. The van der Waals surface area contributed by atoms with Crippen LogP contribution in [0.4, 0.5) is 5.69 Å². The number of pyridine rings is 1. The fraction of sp³-hybridized carbons (Fsp3) is 0.500. The van der Waals surface area contributed by atoms with Crippen LogP contribution in [0.5, 0.6) is 0 Å². The topological polar surface area (TPSA) is 28.2 Å². The van der Waals surface area contributed by atoms with Gasteiger partial charge in [-0.05, 0) is 52.3 Å². The van der Waals surface area contributed by atoms with E-state index in [1.807, 2.05) is 0 Å². The molecule has 21 heavy (non-hydrogen) atoms. The van der Waals surface area contributed by atoms with Crippen LogP contribution in [0.3, 0.4) is 0 Å². The second-order valence-electron chi connectivity index (χ2n) is 6.34. The Labute approximate surface area is 127 Å². The largest absolute Gasteiger partial charge is 0.367 e. The Hall–Kier alpha value is -1.61. The molecule has 0 bridgehead atoms. The Morgan fingerprint density at radius 2 is 2.14 bits per heavy atom. The van der Waals surface area contributed by atoms with Crippen molar-refractivity contribution in [2.24, 2.45) is 0 Å². The number of para-hydroxylation sites is 1. The maximum absolute atomic E-state index is 4.67. The van der Waals surface area contributed by atoms with Gasteiger partial charge in [-0.1, -0.05) is 18.2 Å². The van der Waals surface area contributed by atoms with Crippen molar-refractivity contribution in [3.8, 4) is 0 Å². The van der Waals surface area contributed by atoms with Gasteiger partial charge in [0.2, 0.25) is 0 Å². The van der Waals surface area contributed by atoms with E-state index in [-0.39, 0.29) is 0 Å². The lowest BCUT2D eigenvalue weighted by molar-refractivity contribution is 0.553. The Kier molecular flexibility index (Phi) is 4.11. The average molecular weight is 283 g/mol. The minimum atomic E-state index is 0.484. The first-order chi connectivity index (χ1) is 10.1. The number of nitrogens with one attached hydrogen (secondary N) is 1. The lowest BCUT2D eigenvalue weighted by atomic mass is 10.1. The van der Waals surface area contributed by atoms with Crippen LogP contribution >= 0.6 is 0 Å². The summed E-state index contributed by atoms with van der Waals surface area (Å²) in [6.45, 7) is 8.87. The van der Waals surface area contributed by atoms with E-state index < -0.39 is 0 Å². The first-order valence-corrected chi connectivity index (χ1v) is 8.01. The molecule has 1 aromatic heterocycles. The fourth-order valence-corrected chi connectivity index (χ4v) is 3.26. The molecule has 1 unspecified atom stereocenters. The number of fused-ring (bicyclic) bond motifs is 1. The standard InChI is InChI=1S/C18H25N3/c1-13(2)21(12-15-7-6-10-19-15)18-11-14(3)20-17-9-5-4-8-16(17)18/h4-5,8-9,11,13,15,19H,6-7,10,12H2,1-3H3. The number of hydrogen-bond acceptors (Lipinski definition) is 3. The molecular formula is C18H25N3. The molecule has 1 aliphatic rings. The zero-order valence-corrected chi connectivity index (χ0v) is 13.3. The van der Waals surface area contributed by atoms with Crippen molar-refractivity contribution in [1.82, 2.24) is 10.3 Å². The Bertz CT molecular complexity index is 615. The highest BCUT2D eigenvalue weighted by Gasteiger charge is 2.21. The van der Waals surface area contributed by atoms with Crippen molar-refractivity contribution in [2.45, 2.75) is 45.7 Å². The van der Waals surface area contributed by atoms with E-state index in [2.05, 4.69) is 66.3 Å². The third-order valence-corrected chi connectivity index (χ3v) is 4.33. The molecule has 0 amide bonds. The van der Waals surface area contributed by atoms with E-state index in [1.54, 1.807) is 0 Å². The second kappa shape index (κ2) is 6.02. The van der Waals surface area contributed by atoms with Crippen molar-refractivity contribution in [2.75, 3.05) is 18.0 Å². The number of aryl methyl sites for hydroxylation is 1. The molecule has 2 aromatic rings. The lowest BCUT2D eigenvalue weighted by Gasteiger charge is -2.32. The van der Waals surface area contributed by atoms with E-state index >= 15 is 0 Å². The maximum atomic E-state index is 4.67. The molecule has 0 radical (unpaired) electrons. The van der Waals surface area contributed by atoms with Crippen molar-refractivity contribution < 1.29 is 0 Å². The van der Waals surface area contributed by atoms with Crippen LogP contribution in [0, 0.1) is 6.92 Å². The van der Waals surface area contributed by atoms with E-state index in [9.17, 15) is 0 Å². The van der Waals surface area contributed by atoms with E-state index in [1.165, 1.54) is 23.9 Å². The molecular weight excluding hydrogens is 258 g/mol. The van der Waals surface area contributed by atoms with Crippen molar-refractivity contribution in [3.63, 3.8) is 0 Å². The van der Waals surface area contributed by atoms with Gasteiger partial charge >= 0.3 is 0 Å². The maximum Gasteiger partial charge on any atom is 0.0726 e. The van der Waals surface area contributed by atoms with Crippen LogP contribution in [0.2, 0.25) is 0 Å². The number of hydrogen-bond donors (Lipinski definition) is 1. The number of nitrogens with zero attached hydrogens (tertiary/aromatic N) is 2. The van der Waals surface area contributed by atoms with Crippen LogP contribution in [-0.4, -0.2) is 30.2 Å². The molecule has 0 saturated carbocycles. The van der Waals surface area contributed by atoms with Gasteiger partial charge in [-0.2, -0.15) is 0 Å². The zero-order chi connectivity index (χ0) is 14.8. The van der Waals surface area contributed by atoms with Crippen LogP contribution in [0.15, 0.2) is 30.3 Å². The predicted octanol–water partition coefficient (Wildman–Crippen LogP) is 3.51. The van der Waals surface area contributed by atoms with Gasteiger partial charge in [0.05, 0.1) is 5.52 Å². The number of rotatable bonds is 4. The predicted molar refractivity (Wildman–Crippen MR) is 90.0 cm³/mol. The van der Waals surface area contributed by atoms with Crippen LogP contribution in [0.1, 0.15) is 32.4 Å². The highest BCUT2D eigenvalue weighted by Crippen LogP contribution is 2.29. The highest BCUT2D eigenvalue weighted by atomic mass is 15.2. The summed E-state index contributed by atoms with van der Waals surface area (Å²) in [6, 6.07) is 11.8. The summed E-state index contributed by atoms with van der Waals surface area (Å²) in [6.07, 6.45) is 2.58. The van der Waals surface area contributed by atoms with Gasteiger partial charge in [0, 0.05) is 35.4 Å². The SMILES string of the molecule is Cc1cc(N(CC2CCCN2)C(C)C)c2ccccc2n1. The Morgan fingerprint density at radius 3 is 2.86 bits per heavy atom. The molecule has 3 rings (SSSR count). The van der Waals surface area contributed by atoms with Gasteiger partial charge in [0.15, 0.2) is 0 Å². The fourth-order valence-electron chi connectivity index (χ4n) is 3.26. The summed E-state index contributed by atoms with van der Waals surface area (Å²) in [4.78, 5) is 7.20. The normalized spacial score (nSPS) is 18.6. The first kappa shape index (κ1) is 14.3. The summed E-state index contributed by atoms with van der Waals surface area (Å²) in [7, 11) is 0. The molecule has 1 aromatic carbocycles. The quantitative estimate of drug-likeness (QED) is 0.930. The molecule has 2 heterocycles. The Morgan fingerprint density at radius 1 is 1.33 bits per heavy atom. The smallest absolute Gasteiger partial charge is 0.0726 e. The van der Waals surface area contributed by atoms with Gasteiger partial charge in [-0.25, -0.2) is 0 Å². The van der Waals surface area contributed by atoms with Gasteiger partial charge < -0.3 is 10.2 Å². The molecule has 112 valence electrons. The summed E-state index contributed by atoms with van der Waals surface area (Å²) in [5, 5.41) is 4.88. The molecule has 0 spiro atoms. The second-order valence-corrected chi connectivity index (χ2v) is 6.34. The van der Waals surface area contributed by atoms with E-state index in [4.69, 9.17) is 0 Å². The van der Waals surface area contributed by atoms with E-state index in [0.29, 0.717) is 12.1 Å². The van der Waals surface area contributed by atoms with Gasteiger partial charge in [0.1, 0.15) is 0 Å². The highest BCUT2D eigenvalue weighted by molar-refractivity contribution is 5.92. The number of anilines is 1. The van der Waals surface area contributed by atoms with Crippen molar-refractivity contribution in [3.05, 3.63) is 36.0 Å². The zero-order valence-electron chi connectivity index (χ0n) is 13.3. The summed E-state index contributed by atoms with van der Waals surface area (Å²) in [5.41, 5.74) is 3.51. The van der Waals surface area contributed by atoms with Crippen LogP contribution in [0.25, 0.3) is 10.9 Å². The minimum Gasteiger partial charge on any atom is -0.367 e. The molecule has 1 atom stereocenters. The summed E-state index contributed by atoms with van der Waals surface area (Å²) < 4.78 is 0. The molecule has 1 aliphatic heterocycles. The summed E-state index contributed by atoms with van der Waals surface area (Å²) >= 11 is 0. The van der Waals surface area contributed by atoms with Gasteiger partial charge in [-0.3, -0.25) is 4.98 Å². The third-order valence-electron chi connectivity index (χ3n) is 4.33. The monoisotopic (exact) mass is 283 g/mol. The first-order valence-electron chi connectivity index (χ1n) is 8.01. The van der Waals surface area contributed by atoms with E-state index in [0.717, 1.165) is 24.3 Å². The molecule has 1 fully saturated rings. The molecule has 1 N–H and O–H groups in total. The van der Waals surface area contributed by atoms with Gasteiger partial charge in [-0.15, -0.1) is 0 Å². The summed E-state index contributed by atoms with van der Waals surface area (Å²) in [5.74, 6) is 0. The number of benzene rings is 1. The van der Waals surface area contributed by atoms with Crippen molar-refractivity contribution >= 4 is 16.6 Å². The van der Waals surface area contributed by atoms with Crippen LogP contribution in [-0.2, 0) is 0 Å². The lowest BCUT2D eigenvalue weighted by Crippen LogP contribution is -2.41. The average Bonchev–Trinajstić information content (AvgIpc) is 2.96. The Balaban J connectivity index is 2.01. The molecule has 1 saturated heterocycles.